The molecule has 5 heteroatoms. The number of pyridine rings is 1. The Kier molecular flexibility index (Phi) is 3.57. The molecule has 0 saturated heterocycles. The topological polar surface area (TPSA) is 51.8 Å². The van der Waals surface area contributed by atoms with Crippen molar-refractivity contribution in [2.45, 2.75) is 32.0 Å². The van der Waals surface area contributed by atoms with Gasteiger partial charge in [-0.3, -0.25) is 4.98 Å². The Balaban J connectivity index is 2.37. The Hall–Kier alpha value is -1.23. The second-order valence-corrected chi connectivity index (χ2v) is 5.01. The molecule has 0 fully saturated rings. The van der Waals surface area contributed by atoms with Gasteiger partial charge in [0.25, 0.3) is 0 Å². The molecule has 1 unspecified atom stereocenters. The van der Waals surface area contributed by atoms with Gasteiger partial charge in [-0.2, -0.15) is 0 Å². The van der Waals surface area contributed by atoms with Crippen LogP contribution >= 0.6 is 15.9 Å². The summed E-state index contributed by atoms with van der Waals surface area (Å²) in [7, 11) is 0. The van der Waals surface area contributed by atoms with E-state index in [1.54, 1.807) is 0 Å². The molecule has 0 N–H and O–H groups in total. The van der Waals surface area contributed by atoms with Gasteiger partial charge in [0.05, 0.1) is 16.1 Å². The minimum absolute atomic E-state index is 0.113. The SMILES string of the molecule is CCC(Br)c1nnc(-c2ccc(C)nc2C)o1. The summed E-state index contributed by atoms with van der Waals surface area (Å²) in [5.41, 5.74) is 2.78. The van der Waals surface area contributed by atoms with E-state index in [9.17, 15) is 0 Å². The number of hydrogen-bond donors (Lipinski definition) is 0. The highest BCUT2D eigenvalue weighted by Crippen LogP contribution is 2.28. The zero-order chi connectivity index (χ0) is 12.4. The van der Waals surface area contributed by atoms with Crippen molar-refractivity contribution < 1.29 is 4.42 Å². The monoisotopic (exact) mass is 295 g/mol. The molecule has 90 valence electrons. The van der Waals surface area contributed by atoms with Gasteiger partial charge in [0.1, 0.15) is 0 Å². The maximum absolute atomic E-state index is 5.63. The summed E-state index contributed by atoms with van der Waals surface area (Å²) in [4.78, 5) is 4.50. The van der Waals surface area contributed by atoms with Gasteiger partial charge in [-0.1, -0.05) is 22.9 Å². The lowest BCUT2D eigenvalue weighted by atomic mass is 10.2. The highest BCUT2D eigenvalue weighted by Gasteiger charge is 2.16. The molecular weight excluding hydrogens is 282 g/mol. The molecule has 0 bridgehead atoms. The van der Waals surface area contributed by atoms with Crippen LogP contribution in [0.3, 0.4) is 0 Å². The van der Waals surface area contributed by atoms with Crippen LogP contribution in [0.2, 0.25) is 0 Å². The van der Waals surface area contributed by atoms with Crippen LogP contribution in [-0.4, -0.2) is 15.2 Å². The summed E-state index contributed by atoms with van der Waals surface area (Å²) in [6, 6.07) is 3.90. The second-order valence-electron chi connectivity index (χ2n) is 3.91. The lowest BCUT2D eigenvalue weighted by Gasteiger charge is -2.01. The lowest BCUT2D eigenvalue weighted by Crippen LogP contribution is -1.90. The van der Waals surface area contributed by atoms with Gasteiger partial charge in [0.15, 0.2) is 0 Å². The van der Waals surface area contributed by atoms with Crippen molar-refractivity contribution in [3.05, 3.63) is 29.4 Å². The molecule has 2 aromatic heterocycles. The van der Waals surface area contributed by atoms with E-state index in [2.05, 4.69) is 38.0 Å². The Morgan fingerprint density at radius 3 is 2.71 bits per heavy atom. The van der Waals surface area contributed by atoms with E-state index in [4.69, 9.17) is 4.42 Å². The van der Waals surface area contributed by atoms with E-state index < -0.39 is 0 Å². The molecule has 1 atom stereocenters. The molecular formula is C12H14BrN3O. The number of hydrogen-bond acceptors (Lipinski definition) is 4. The summed E-state index contributed by atoms with van der Waals surface area (Å²) in [6.07, 6.45) is 0.909. The van der Waals surface area contributed by atoms with E-state index in [1.165, 1.54) is 0 Å². The standard InChI is InChI=1S/C12H14BrN3O/c1-4-10(13)12-16-15-11(17-12)9-6-5-7(2)14-8(9)3/h5-6,10H,4H2,1-3H3. The van der Waals surface area contributed by atoms with Crippen LogP contribution in [0.4, 0.5) is 0 Å². The molecule has 4 nitrogen and oxygen atoms in total. The fourth-order valence-electron chi connectivity index (χ4n) is 1.56. The highest BCUT2D eigenvalue weighted by atomic mass is 79.9. The number of nitrogens with zero attached hydrogens (tertiary/aromatic N) is 3. The first-order valence-corrected chi connectivity index (χ1v) is 6.45. The molecule has 0 amide bonds. The predicted octanol–water partition coefficient (Wildman–Crippen LogP) is 3.59. The molecule has 0 aliphatic heterocycles. The highest BCUT2D eigenvalue weighted by molar-refractivity contribution is 9.09. The molecule has 0 aliphatic rings. The van der Waals surface area contributed by atoms with Crippen LogP contribution in [0.1, 0.15) is 35.5 Å². The molecule has 2 aromatic rings. The van der Waals surface area contributed by atoms with Gasteiger partial charge in [0, 0.05) is 5.69 Å². The van der Waals surface area contributed by atoms with Crippen LogP contribution in [0, 0.1) is 13.8 Å². The second kappa shape index (κ2) is 4.96. The zero-order valence-corrected chi connectivity index (χ0v) is 11.7. The number of rotatable bonds is 3. The molecule has 0 aromatic carbocycles. The Bertz CT molecular complexity index is 524. The van der Waals surface area contributed by atoms with Crippen molar-refractivity contribution in [1.29, 1.82) is 0 Å². The van der Waals surface area contributed by atoms with Crippen LogP contribution in [-0.2, 0) is 0 Å². The van der Waals surface area contributed by atoms with E-state index in [-0.39, 0.29) is 4.83 Å². The van der Waals surface area contributed by atoms with Crippen LogP contribution in [0.15, 0.2) is 16.5 Å². The number of halogens is 1. The summed E-state index contributed by atoms with van der Waals surface area (Å²) in [6.45, 7) is 5.96. The number of aryl methyl sites for hydroxylation is 2. The third-order valence-corrected chi connectivity index (χ3v) is 3.56. The van der Waals surface area contributed by atoms with Crippen molar-refractivity contribution in [2.75, 3.05) is 0 Å². The van der Waals surface area contributed by atoms with Gasteiger partial charge >= 0.3 is 0 Å². The van der Waals surface area contributed by atoms with E-state index >= 15 is 0 Å². The maximum Gasteiger partial charge on any atom is 0.249 e. The van der Waals surface area contributed by atoms with E-state index in [0.29, 0.717) is 11.8 Å². The van der Waals surface area contributed by atoms with Gasteiger partial charge in [-0.25, -0.2) is 0 Å². The van der Waals surface area contributed by atoms with Gasteiger partial charge in [-0.05, 0) is 32.4 Å². The lowest BCUT2D eigenvalue weighted by molar-refractivity contribution is 0.500. The predicted molar refractivity (Wildman–Crippen MR) is 69.0 cm³/mol. The molecule has 2 heterocycles. The Morgan fingerprint density at radius 1 is 1.29 bits per heavy atom. The Labute approximate surface area is 109 Å². The van der Waals surface area contributed by atoms with Crippen LogP contribution in [0.5, 0.6) is 0 Å². The largest absolute Gasteiger partial charge is 0.419 e. The summed E-state index contributed by atoms with van der Waals surface area (Å²) in [5, 5.41) is 8.09. The fraction of sp³-hybridized carbons (Fsp3) is 0.417. The van der Waals surface area contributed by atoms with Gasteiger partial charge in [-0.15, -0.1) is 10.2 Å². The Morgan fingerprint density at radius 2 is 2.06 bits per heavy atom. The minimum Gasteiger partial charge on any atom is -0.419 e. The zero-order valence-electron chi connectivity index (χ0n) is 10.1. The van der Waals surface area contributed by atoms with Crippen molar-refractivity contribution in [2.24, 2.45) is 0 Å². The van der Waals surface area contributed by atoms with Crippen LogP contribution in [0.25, 0.3) is 11.5 Å². The molecule has 0 aliphatic carbocycles. The first kappa shape index (κ1) is 12.2. The average molecular weight is 296 g/mol. The third kappa shape index (κ3) is 2.54. The average Bonchev–Trinajstić information content (AvgIpc) is 2.77. The molecule has 0 spiro atoms. The third-order valence-electron chi connectivity index (χ3n) is 2.52. The van der Waals surface area contributed by atoms with E-state index in [0.717, 1.165) is 23.4 Å². The quantitative estimate of drug-likeness (QED) is 0.812. The number of alkyl halides is 1. The van der Waals surface area contributed by atoms with E-state index in [1.807, 2.05) is 26.0 Å². The minimum atomic E-state index is 0.113. The van der Waals surface area contributed by atoms with Crippen LogP contribution < -0.4 is 0 Å². The van der Waals surface area contributed by atoms with Crippen molar-refractivity contribution in [3.63, 3.8) is 0 Å². The maximum atomic E-state index is 5.63. The normalized spacial score (nSPS) is 12.7. The molecule has 0 saturated carbocycles. The first-order chi connectivity index (χ1) is 8.11. The smallest absolute Gasteiger partial charge is 0.249 e. The van der Waals surface area contributed by atoms with Gasteiger partial charge in [0.2, 0.25) is 11.8 Å². The molecule has 0 radical (unpaired) electrons. The number of aromatic nitrogens is 3. The summed E-state index contributed by atoms with van der Waals surface area (Å²) in [5.74, 6) is 1.14. The fourth-order valence-corrected chi connectivity index (χ4v) is 1.74. The summed E-state index contributed by atoms with van der Waals surface area (Å²) < 4.78 is 5.63. The molecule has 17 heavy (non-hydrogen) atoms. The van der Waals surface area contributed by atoms with Crippen molar-refractivity contribution in [1.82, 2.24) is 15.2 Å². The van der Waals surface area contributed by atoms with Crippen molar-refractivity contribution in [3.8, 4) is 11.5 Å². The molecule has 2 rings (SSSR count). The first-order valence-electron chi connectivity index (χ1n) is 5.54. The summed E-state index contributed by atoms with van der Waals surface area (Å²) >= 11 is 3.49. The van der Waals surface area contributed by atoms with Gasteiger partial charge < -0.3 is 4.42 Å². The van der Waals surface area contributed by atoms with Crippen molar-refractivity contribution >= 4 is 15.9 Å².